The molecule has 0 bridgehead atoms. The monoisotopic (exact) mass is 401 g/mol. The average Bonchev–Trinajstić information content (AvgIpc) is 2.71. The predicted octanol–water partition coefficient (Wildman–Crippen LogP) is 2.41. The molecular formula is C22H27NO6. The van der Waals surface area contributed by atoms with Gasteiger partial charge in [0, 0.05) is 18.7 Å². The maximum atomic E-state index is 11.5. The number of carbonyl (C=O) groups is 1. The second-order valence-electron chi connectivity index (χ2n) is 7.11. The van der Waals surface area contributed by atoms with Gasteiger partial charge in [-0.25, -0.2) is 0 Å². The first-order valence-corrected chi connectivity index (χ1v) is 9.53. The number of carbonyl (C=O) groups excluding carboxylic acids is 1. The fourth-order valence-corrected chi connectivity index (χ4v) is 3.18. The van der Waals surface area contributed by atoms with Crippen LogP contribution < -0.4 is 18.9 Å². The summed E-state index contributed by atoms with van der Waals surface area (Å²) in [6.07, 6.45) is -0.809. The normalized spacial score (nSPS) is 16.4. The van der Waals surface area contributed by atoms with Gasteiger partial charge in [0.2, 0.25) is 0 Å². The van der Waals surface area contributed by atoms with Crippen molar-refractivity contribution in [3.8, 4) is 23.0 Å². The third-order valence-electron chi connectivity index (χ3n) is 4.61. The predicted molar refractivity (Wildman–Crippen MR) is 108 cm³/mol. The molecule has 0 amide bonds. The molecule has 2 aromatic rings. The molecule has 0 aliphatic carbocycles. The number of aliphatic hydroxyl groups is 1. The molecule has 2 atom stereocenters. The minimum Gasteiger partial charge on any atom is -0.493 e. The first-order chi connectivity index (χ1) is 14.0. The van der Waals surface area contributed by atoms with Gasteiger partial charge in [0.05, 0.1) is 7.11 Å². The minimum atomic E-state index is -0.700. The Bertz CT molecular complexity index is 840. The first-order valence-electron chi connectivity index (χ1n) is 9.53. The van der Waals surface area contributed by atoms with E-state index >= 15 is 0 Å². The van der Waals surface area contributed by atoms with Crippen molar-refractivity contribution in [3.63, 3.8) is 0 Å². The molecule has 0 spiro atoms. The van der Waals surface area contributed by atoms with Gasteiger partial charge in [0.25, 0.3) is 0 Å². The van der Waals surface area contributed by atoms with Gasteiger partial charge in [-0.15, -0.1) is 0 Å². The summed E-state index contributed by atoms with van der Waals surface area (Å²) >= 11 is 0. The number of rotatable bonds is 9. The van der Waals surface area contributed by atoms with E-state index in [2.05, 4.69) is 0 Å². The number of aliphatic hydroxyl groups excluding tert-OH is 1. The van der Waals surface area contributed by atoms with Crippen molar-refractivity contribution in [2.24, 2.45) is 0 Å². The summed E-state index contributed by atoms with van der Waals surface area (Å²) in [5, 5.41) is 10.3. The van der Waals surface area contributed by atoms with Crippen LogP contribution in [0.15, 0.2) is 42.5 Å². The van der Waals surface area contributed by atoms with E-state index in [4.69, 9.17) is 18.9 Å². The molecule has 0 saturated carbocycles. The molecule has 2 aromatic carbocycles. The van der Waals surface area contributed by atoms with E-state index in [-0.39, 0.29) is 18.5 Å². The van der Waals surface area contributed by atoms with Gasteiger partial charge in [0.15, 0.2) is 28.8 Å². The van der Waals surface area contributed by atoms with Crippen LogP contribution in [0.3, 0.4) is 0 Å². The van der Waals surface area contributed by atoms with Gasteiger partial charge in [-0.1, -0.05) is 12.1 Å². The first kappa shape index (κ1) is 21.0. The maximum absolute atomic E-state index is 11.5. The molecule has 29 heavy (non-hydrogen) atoms. The van der Waals surface area contributed by atoms with Crippen molar-refractivity contribution in [2.75, 3.05) is 40.5 Å². The Morgan fingerprint density at radius 2 is 2.00 bits per heavy atom. The molecule has 1 aliphatic heterocycles. The van der Waals surface area contributed by atoms with Crippen LogP contribution in [0.4, 0.5) is 0 Å². The second-order valence-corrected chi connectivity index (χ2v) is 7.11. The molecule has 1 heterocycles. The van der Waals surface area contributed by atoms with Crippen LogP contribution in [0.1, 0.15) is 17.3 Å². The Morgan fingerprint density at radius 3 is 2.72 bits per heavy atom. The maximum Gasteiger partial charge on any atom is 0.161 e. The topological polar surface area (TPSA) is 77.5 Å². The van der Waals surface area contributed by atoms with E-state index in [9.17, 15) is 9.90 Å². The number of benzene rings is 2. The zero-order valence-electron chi connectivity index (χ0n) is 17.0. The van der Waals surface area contributed by atoms with Crippen molar-refractivity contribution in [2.45, 2.75) is 19.1 Å². The van der Waals surface area contributed by atoms with E-state index in [1.54, 1.807) is 18.2 Å². The Kier molecular flexibility index (Phi) is 6.95. The number of para-hydroxylation sites is 2. The highest BCUT2D eigenvalue weighted by molar-refractivity contribution is 5.94. The fraction of sp³-hybridized carbons (Fsp3) is 0.409. The number of ketones is 1. The number of hydrogen-bond acceptors (Lipinski definition) is 7. The van der Waals surface area contributed by atoms with Crippen LogP contribution in [0.2, 0.25) is 0 Å². The molecule has 1 aliphatic rings. The highest BCUT2D eigenvalue weighted by Gasteiger charge is 2.23. The lowest BCUT2D eigenvalue weighted by atomic mass is 10.1. The van der Waals surface area contributed by atoms with Gasteiger partial charge in [-0.3, -0.25) is 9.69 Å². The molecule has 7 nitrogen and oxygen atoms in total. The molecule has 3 rings (SSSR count). The van der Waals surface area contributed by atoms with E-state index in [1.165, 1.54) is 14.0 Å². The molecule has 0 saturated heterocycles. The molecule has 0 aromatic heterocycles. The van der Waals surface area contributed by atoms with Crippen LogP contribution in [-0.2, 0) is 0 Å². The van der Waals surface area contributed by atoms with E-state index in [1.807, 2.05) is 36.2 Å². The number of hydrogen-bond donors (Lipinski definition) is 1. The van der Waals surface area contributed by atoms with Crippen molar-refractivity contribution < 1.29 is 28.8 Å². The van der Waals surface area contributed by atoms with Crippen LogP contribution >= 0.6 is 0 Å². The standard InChI is InChI=1S/C22H27NO6/c1-15(24)16-8-9-20(22(10-16)26-3)27-13-17(25)11-23(2)12-18-14-28-19-6-4-5-7-21(19)29-18/h4-10,17-18,25H,11-14H2,1-3H3/t17-,18-/m1/s1. The number of likely N-dealkylation sites (N-methyl/N-ethyl adjacent to an activating group) is 1. The second kappa shape index (κ2) is 9.62. The van der Waals surface area contributed by atoms with Gasteiger partial charge in [0.1, 0.15) is 25.4 Å². The summed E-state index contributed by atoms with van der Waals surface area (Å²) in [4.78, 5) is 13.5. The van der Waals surface area contributed by atoms with Crippen LogP contribution in [0.25, 0.3) is 0 Å². The van der Waals surface area contributed by atoms with Crippen LogP contribution in [-0.4, -0.2) is 68.5 Å². The highest BCUT2D eigenvalue weighted by atomic mass is 16.6. The van der Waals surface area contributed by atoms with Gasteiger partial charge in [-0.05, 0) is 44.3 Å². The Labute approximate surface area is 170 Å². The minimum absolute atomic E-state index is 0.0481. The largest absolute Gasteiger partial charge is 0.493 e. The summed E-state index contributed by atoms with van der Waals surface area (Å²) < 4.78 is 22.6. The lowest BCUT2D eigenvalue weighted by molar-refractivity contribution is 0.0370. The average molecular weight is 401 g/mol. The Morgan fingerprint density at radius 1 is 1.24 bits per heavy atom. The van der Waals surface area contributed by atoms with Crippen molar-refractivity contribution >= 4 is 5.78 Å². The summed E-state index contributed by atoms with van der Waals surface area (Å²) in [5.41, 5.74) is 0.547. The lowest BCUT2D eigenvalue weighted by Crippen LogP contribution is -2.42. The fourth-order valence-electron chi connectivity index (χ4n) is 3.18. The van der Waals surface area contributed by atoms with Crippen molar-refractivity contribution in [3.05, 3.63) is 48.0 Å². The van der Waals surface area contributed by atoms with Gasteiger partial charge in [-0.2, -0.15) is 0 Å². The van der Waals surface area contributed by atoms with Gasteiger partial charge < -0.3 is 24.1 Å². The van der Waals surface area contributed by atoms with E-state index < -0.39 is 6.10 Å². The zero-order chi connectivity index (χ0) is 20.8. The molecular weight excluding hydrogens is 374 g/mol. The SMILES string of the molecule is COc1cc(C(C)=O)ccc1OC[C@H](O)CN(C)C[C@@H]1COc2ccccc2O1. The summed E-state index contributed by atoms with van der Waals surface area (Å²) in [6.45, 7) is 3.09. The lowest BCUT2D eigenvalue weighted by Gasteiger charge is -2.30. The summed E-state index contributed by atoms with van der Waals surface area (Å²) in [7, 11) is 3.43. The number of nitrogens with zero attached hydrogens (tertiary/aromatic N) is 1. The third kappa shape index (κ3) is 5.62. The number of fused-ring (bicyclic) bond motifs is 1. The molecule has 0 unspecified atom stereocenters. The molecule has 0 fully saturated rings. The van der Waals surface area contributed by atoms with Crippen LogP contribution in [0.5, 0.6) is 23.0 Å². The third-order valence-corrected chi connectivity index (χ3v) is 4.61. The highest BCUT2D eigenvalue weighted by Crippen LogP contribution is 2.31. The summed E-state index contributed by atoms with van der Waals surface area (Å²) in [5.74, 6) is 2.39. The number of ether oxygens (including phenoxy) is 4. The number of Topliss-reactive ketones (excluding diaryl/α,β-unsaturated/α-hetero) is 1. The molecule has 156 valence electrons. The molecule has 7 heteroatoms. The quantitative estimate of drug-likeness (QED) is 0.647. The van der Waals surface area contributed by atoms with Crippen molar-refractivity contribution in [1.82, 2.24) is 4.90 Å². The Hall–Kier alpha value is -2.77. The van der Waals surface area contributed by atoms with Gasteiger partial charge >= 0.3 is 0 Å². The van der Waals surface area contributed by atoms with Crippen molar-refractivity contribution in [1.29, 1.82) is 0 Å². The zero-order valence-corrected chi connectivity index (χ0v) is 17.0. The summed E-state index contributed by atoms with van der Waals surface area (Å²) in [6, 6.07) is 12.6. The molecule has 1 N–H and O–H groups in total. The van der Waals surface area contributed by atoms with E-state index in [0.717, 1.165) is 11.5 Å². The Balaban J connectivity index is 1.47. The number of methoxy groups -OCH3 is 1. The van der Waals surface area contributed by atoms with E-state index in [0.29, 0.717) is 36.8 Å². The molecule has 0 radical (unpaired) electrons. The smallest absolute Gasteiger partial charge is 0.161 e. The van der Waals surface area contributed by atoms with Crippen LogP contribution in [0, 0.1) is 0 Å².